The summed E-state index contributed by atoms with van der Waals surface area (Å²) in [5.41, 5.74) is 2.14. The Labute approximate surface area is 139 Å². The van der Waals surface area contributed by atoms with E-state index in [4.69, 9.17) is 10.1 Å². The molecule has 0 amide bonds. The molecule has 2 aliphatic rings. The van der Waals surface area contributed by atoms with Gasteiger partial charge in [-0.05, 0) is 36.3 Å². The van der Waals surface area contributed by atoms with Crippen LogP contribution in [0.4, 0.5) is 5.82 Å². The molecule has 1 aliphatic heterocycles. The third kappa shape index (κ3) is 2.54. The van der Waals surface area contributed by atoms with Gasteiger partial charge in [-0.3, -0.25) is 4.68 Å². The number of piperidine rings is 1. The number of hydrogen-bond acceptors (Lipinski definition) is 5. The van der Waals surface area contributed by atoms with E-state index in [0.717, 1.165) is 30.2 Å². The number of carboxylic acids is 1. The number of carboxylic acid groups (broad SMARTS) is 1. The Hall–Kier alpha value is -2.41. The summed E-state index contributed by atoms with van der Waals surface area (Å²) in [6.45, 7) is 4.72. The number of anilines is 1. The van der Waals surface area contributed by atoms with E-state index in [1.807, 2.05) is 19.1 Å². The van der Waals surface area contributed by atoms with Crippen molar-refractivity contribution in [3.63, 3.8) is 0 Å². The number of carbonyl (C=O) groups is 1. The molecule has 7 heteroatoms. The number of aliphatic hydroxyl groups excluding tert-OH is 1. The highest BCUT2D eigenvalue weighted by molar-refractivity contribution is 5.86. The molecule has 2 N–H and O–H groups in total. The minimum absolute atomic E-state index is 0.187. The monoisotopic (exact) mass is 328 g/mol. The highest BCUT2D eigenvalue weighted by Gasteiger charge is 2.55. The normalized spacial score (nSPS) is 24.9. The lowest BCUT2D eigenvalue weighted by Crippen LogP contribution is -2.25. The molecule has 0 aromatic carbocycles. The van der Waals surface area contributed by atoms with Gasteiger partial charge in [0.2, 0.25) is 0 Å². The summed E-state index contributed by atoms with van der Waals surface area (Å²) < 4.78 is 1.62. The molecule has 1 saturated carbocycles. The molecule has 1 unspecified atom stereocenters. The van der Waals surface area contributed by atoms with Crippen LogP contribution in [0.2, 0.25) is 0 Å². The Morgan fingerprint density at radius 1 is 1.33 bits per heavy atom. The van der Waals surface area contributed by atoms with Crippen LogP contribution in [-0.2, 0) is 6.54 Å². The van der Waals surface area contributed by atoms with Gasteiger partial charge >= 0.3 is 5.97 Å². The number of aromatic nitrogens is 3. The SMILES string of the molecule is Cc1nc(N2C[C@@H]3C(CO)[C@@H]3C2)ccc1Cn1cc(C(=O)O)cn1. The second kappa shape index (κ2) is 5.59. The second-order valence-corrected chi connectivity index (χ2v) is 6.72. The minimum Gasteiger partial charge on any atom is -0.478 e. The van der Waals surface area contributed by atoms with Crippen molar-refractivity contribution in [3.8, 4) is 0 Å². The van der Waals surface area contributed by atoms with Gasteiger partial charge in [-0.1, -0.05) is 6.07 Å². The van der Waals surface area contributed by atoms with Gasteiger partial charge in [-0.2, -0.15) is 5.10 Å². The van der Waals surface area contributed by atoms with Crippen LogP contribution in [0.25, 0.3) is 0 Å². The minimum atomic E-state index is -0.972. The van der Waals surface area contributed by atoms with Crippen LogP contribution >= 0.6 is 0 Å². The molecule has 3 heterocycles. The molecule has 126 valence electrons. The first kappa shape index (κ1) is 15.1. The molecule has 2 fully saturated rings. The predicted molar refractivity (Wildman–Crippen MR) is 87.0 cm³/mol. The van der Waals surface area contributed by atoms with Gasteiger partial charge in [0.05, 0.1) is 18.3 Å². The van der Waals surface area contributed by atoms with Crippen LogP contribution in [0, 0.1) is 24.7 Å². The molecular weight excluding hydrogens is 308 g/mol. The largest absolute Gasteiger partial charge is 0.478 e. The summed E-state index contributed by atoms with van der Waals surface area (Å²) in [7, 11) is 0. The van der Waals surface area contributed by atoms with Crippen LogP contribution in [0.15, 0.2) is 24.5 Å². The van der Waals surface area contributed by atoms with Gasteiger partial charge in [0.15, 0.2) is 0 Å². The fourth-order valence-corrected chi connectivity index (χ4v) is 3.76. The fourth-order valence-electron chi connectivity index (χ4n) is 3.76. The number of aromatic carboxylic acids is 1. The number of aryl methyl sites for hydroxylation is 1. The highest BCUT2D eigenvalue weighted by Crippen LogP contribution is 2.51. The molecule has 0 radical (unpaired) electrons. The van der Waals surface area contributed by atoms with E-state index < -0.39 is 5.97 Å². The molecule has 1 saturated heterocycles. The molecule has 7 nitrogen and oxygen atoms in total. The molecule has 1 aliphatic carbocycles. The van der Waals surface area contributed by atoms with Gasteiger partial charge in [0.1, 0.15) is 5.82 Å². The van der Waals surface area contributed by atoms with Crippen molar-refractivity contribution < 1.29 is 15.0 Å². The van der Waals surface area contributed by atoms with Crippen molar-refractivity contribution >= 4 is 11.8 Å². The van der Waals surface area contributed by atoms with Crippen LogP contribution in [0.5, 0.6) is 0 Å². The first-order valence-electron chi connectivity index (χ1n) is 8.15. The van der Waals surface area contributed by atoms with E-state index >= 15 is 0 Å². The standard InChI is InChI=1S/C17H20N4O3/c1-10-11(5-21-6-12(4-18-21)17(23)24)2-3-16(19-10)20-7-13-14(8-20)15(13)9-22/h2-4,6,13-15,22H,5,7-9H2,1H3,(H,23,24)/t13-,14+,15?. The van der Waals surface area contributed by atoms with Crippen molar-refractivity contribution in [1.82, 2.24) is 14.8 Å². The Morgan fingerprint density at radius 2 is 2.08 bits per heavy atom. The Kier molecular flexibility index (Phi) is 3.53. The number of pyridine rings is 1. The highest BCUT2D eigenvalue weighted by atomic mass is 16.4. The lowest BCUT2D eigenvalue weighted by atomic mass is 10.2. The van der Waals surface area contributed by atoms with E-state index in [1.54, 1.807) is 4.68 Å². The van der Waals surface area contributed by atoms with E-state index in [2.05, 4.69) is 10.00 Å². The lowest BCUT2D eigenvalue weighted by molar-refractivity contribution is 0.0696. The fraction of sp³-hybridized carbons (Fsp3) is 0.471. The maximum Gasteiger partial charge on any atom is 0.338 e. The third-order valence-corrected chi connectivity index (χ3v) is 5.30. The average Bonchev–Trinajstić information content (AvgIpc) is 2.95. The first-order chi connectivity index (χ1) is 11.6. The summed E-state index contributed by atoms with van der Waals surface area (Å²) in [6, 6.07) is 4.05. The predicted octanol–water partition coefficient (Wildman–Crippen LogP) is 1.01. The van der Waals surface area contributed by atoms with Gasteiger partial charge < -0.3 is 15.1 Å². The molecule has 0 spiro atoms. The molecule has 2 aromatic heterocycles. The number of rotatable bonds is 5. The van der Waals surface area contributed by atoms with Gasteiger partial charge in [0.25, 0.3) is 0 Å². The van der Waals surface area contributed by atoms with Gasteiger partial charge in [-0.25, -0.2) is 9.78 Å². The third-order valence-electron chi connectivity index (χ3n) is 5.30. The van der Waals surface area contributed by atoms with E-state index in [1.165, 1.54) is 12.4 Å². The van der Waals surface area contributed by atoms with Crippen molar-refractivity contribution in [1.29, 1.82) is 0 Å². The number of aliphatic hydroxyl groups is 1. The summed E-state index contributed by atoms with van der Waals surface area (Å²) in [4.78, 5) is 17.9. The summed E-state index contributed by atoms with van der Waals surface area (Å²) in [6.07, 6.45) is 2.88. The van der Waals surface area contributed by atoms with Crippen molar-refractivity contribution in [2.75, 3.05) is 24.6 Å². The van der Waals surface area contributed by atoms with E-state index in [-0.39, 0.29) is 5.56 Å². The van der Waals surface area contributed by atoms with Crippen molar-refractivity contribution in [2.45, 2.75) is 13.5 Å². The smallest absolute Gasteiger partial charge is 0.338 e. The van der Waals surface area contributed by atoms with Crippen molar-refractivity contribution in [3.05, 3.63) is 41.3 Å². The van der Waals surface area contributed by atoms with Crippen LogP contribution in [0.3, 0.4) is 0 Å². The van der Waals surface area contributed by atoms with Crippen LogP contribution in [0.1, 0.15) is 21.6 Å². The Bertz CT molecular complexity index is 776. The zero-order valence-corrected chi connectivity index (χ0v) is 13.5. The molecule has 0 bridgehead atoms. The number of hydrogen-bond donors (Lipinski definition) is 2. The second-order valence-electron chi connectivity index (χ2n) is 6.72. The zero-order valence-electron chi connectivity index (χ0n) is 13.5. The van der Waals surface area contributed by atoms with Gasteiger partial charge in [0, 0.05) is 31.6 Å². The maximum absolute atomic E-state index is 10.9. The quantitative estimate of drug-likeness (QED) is 0.851. The summed E-state index contributed by atoms with van der Waals surface area (Å²) in [5, 5.41) is 22.3. The van der Waals surface area contributed by atoms with E-state index in [9.17, 15) is 9.90 Å². The van der Waals surface area contributed by atoms with Gasteiger partial charge in [-0.15, -0.1) is 0 Å². The topological polar surface area (TPSA) is 91.5 Å². The van der Waals surface area contributed by atoms with E-state index in [0.29, 0.717) is 30.9 Å². The Morgan fingerprint density at radius 3 is 2.67 bits per heavy atom. The average molecular weight is 328 g/mol. The molecule has 4 rings (SSSR count). The maximum atomic E-state index is 10.9. The number of nitrogens with zero attached hydrogens (tertiary/aromatic N) is 4. The lowest BCUT2D eigenvalue weighted by Gasteiger charge is -2.21. The molecule has 2 aromatic rings. The van der Waals surface area contributed by atoms with Crippen LogP contribution < -0.4 is 4.90 Å². The molecule has 3 atom stereocenters. The van der Waals surface area contributed by atoms with Crippen molar-refractivity contribution in [2.24, 2.45) is 17.8 Å². The first-order valence-corrected chi connectivity index (χ1v) is 8.15. The Balaban J connectivity index is 1.45. The molecular formula is C17H20N4O3. The number of fused-ring (bicyclic) bond motifs is 1. The van der Waals surface area contributed by atoms with Crippen LogP contribution in [-0.4, -0.2) is 50.6 Å². The zero-order chi connectivity index (χ0) is 16.8. The summed E-state index contributed by atoms with van der Waals surface area (Å²) in [5.74, 6) is 1.74. The summed E-state index contributed by atoms with van der Waals surface area (Å²) >= 11 is 0. The molecule has 24 heavy (non-hydrogen) atoms.